The predicted molar refractivity (Wildman–Crippen MR) is 106 cm³/mol. The first-order valence-electron chi connectivity index (χ1n) is 6.66. The van der Waals surface area contributed by atoms with Gasteiger partial charge in [-0.05, 0) is 77.0 Å². The molecule has 0 saturated heterocycles. The fraction of sp³-hybridized carbons (Fsp3) is 0.250. The van der Waals surface area contributed by atoms with E-state index in [4.69, 9.17) is 11.6 Å². The Bertz CT molecular complexity index is 634. The minimum atomic E-state index is 0.117. The maximum Gasteiger partial charge on any atom is 0.0588 e. The number of halogens is 4. The van der Waals surface area contributed by atoms with Gasteiger partial charge in [0.2, 0.25) is 0 Å². The van der Waals surface area contributed by atoms with Crippen LogP contribution in [0.2, 0.25) is 5.02 Å². The molecule has 1 atom stereocenters. The topological polar surface area (TPSA) is 12.0 Å². The lowest BCUT2D eigenvalue weighted by atomic mass is 9.98. The summed E-state index contributed by atoms with van der Waals surface area (Å²) in [7, 11) is 0. The second-order valence-corrected chi connectivity index (χ2v) is 8.07. The average Bonchev–Trinajstić information content (AvgIpc) is 2.46. The Morgan fingerprint density at radius 2 is 1.95 bits per heavy atom. The molecule has 0 aliphatic rings. The van der Waals surface area contributed by atoms with Gasteiger partial charge in [-0.2, -0.15) is 0 Å². The monoisotopic (exact) mass is 541 g/mol. The maximum atomic E-state index is 6.29. The van der Waals surface area contributed by atoms with Crippen molar-refractivity contribution >= 4 is 66.1 Å². The van der Waals surface area contributed by atoms with Crippen LogP contribution in [0.15, 0.2) is 45.3 Å². The summed E-state index contributed by atoms with van der Waals surface area (Å²) in [6.45, 7) is 3.12. The van der Waals surface area contributed by atoms with Gasteiger partial charge in [-0.25, -0.2) is 0 Å². The molecule has 0 radical (unpaired) electrons. The summed E-state index contributed by atoms with van der Waals surface area (Å²) in [5.74, 6) is 0. The minimum Gasteiger partial charge on any atom is -0.306 e. The molecule has 0 heterocycles. The molecule has 1 unspecified atom stereocenters. The van der Waals surface area contributed by atoms with Crippen molar-refractivity contribution < 1.29 is 0 Å². The normalized spacial score (nSPS) is 12.4. The molecule has 21 heavy (non-hydrogen) atoms. The summed E-state index contributed by atoms with van der Waals surface area (Å²) in [6, 6.07) is 12.6. The number of hydrogen-bond acceptors (Lipinski definition) is 1. The fourth-order valence-corrected chi connectivity index (χ4v) is 3.50. The van der Waals surface area contributed by atoms with Crippen LogP contribution in [0.4, 0.5) is 0 Å². The van der Waals surface area contributed by atoms with Gasteiger partial charge in [0, 0.05) is 12.5 Å². The molecule has 0 saturated carbocycles. The van der Waals surface area contributed by atoms with Gasteiger partial charge in [0.1, 0.15) is 0 Å². The van der Waals surface area contributed by atoms with E-state index < -0.39 is 0 Å². The van der Waals surface area contributed by atoms with Gasteiger partial charge < -0.3 is 5.32 Å². The third-order valence-corrected chi connectivity index (χ3v) is 5.93. The third-order valence-electron chi connectivity index (χ3n) is 3.14. The molecule has 0 spiro atoms. The molecular weight excluding hydrogens is 528 g/mol. The van der Waals surface area contributed by atoms with E-state index >= 15 is 0 Å². The van der Waals surface area contributed by atoms with Crippen molar-refractivity contribution in [3.05, 3.63) is 65.1 Å². The van der Waals surface area contributed by atoms with Crippen molar-refractivity contribution in [3.8, 4) is 0 Å². The standard InChI is InChI=1S/C16H15Br2ClIN/c1-2-7-21-16(10-3-6-15(20)14(19)8-10)12-9-11(17)4-5-13(12)18/h3-6,8-9,16,21H,2,7H2,1H3. The lowest BCUT2D eigenvalue weighted by Crippen LogP contribution is -2.23. The van der Waals surface area contributed by atoms with Crippen LogP contribution in [0.25, 0.3) is 0 Å². The summed E-state index contributed by atoms with van der Waals surface area (Å²) in [6.07, 6.45) is 1.08. The second-order valence-electron chi connectivity index (χ2n) is 4.73. The van der Waals surface area contributed by atoms with Gasteiger partial charge in [-0.15, -0.1) is 0 Å². The van der Waals surface area contributed by atoms with E-state index in [1.807, 2.05) is 12.1 Å². The van der Waals surface area contributed by atoms with Crippen LogP contribution in [-0.2, 0) is 0 Å². The van der Waals surface area contributed by atoms with E-state index in [1.165, 1.54) is 11.1 Å². The van der Waals surface area contributed by atoms with Gasteiger partial charge in [-0.1, -0.05) is 56.5 Å². The van der Waals surface area contributed by atoms with Crippen molar-refractivity contribution in [3.63, 3.8) is 0 Å². The van der Waals surface area contributed by atoms with Crippen molar-refractivity contribution in [2.45, 2.75) is 19.4 Å². The average molecular weight is 543 g/mol. The molecule has 2 aromatic carbocycles. The molecule has 0 aliphatic heterocycles. The molecule has 2 rings (SSSR count). The predicted octanol–water partition coefficient (Wildman–Crippen LogP) is 6.56. The molecule has 1 N–H and O–H groups in total. The lowest BCUT2D eigenvalue weighted by molar-refractivity contribution is 0.596. The Kier molecular flexibility index (Phi) is 7.00. The molecule has 0 aliphatic carbocycles. The number of rotatable bonds is 5. The van der Waals surface area contributed by atoms with Gasteiger partial charge >= 0.3 is 0 Å². The van der Waals surface area contributed by atoms with Crippen molar-refractivity contribution in [1.82, 2.24) is 5.32 Å². The van der Waals surface area contributed by atoms with Crippen LogP contribution in [-0.4, -0.2) is 6.54 Å². The van der Waals surface area contributed by atoms with E-state index in [2.05, 4.69) is 91.0 Å². The first-order valence-corrected chi connectivity index (χ1v) is 9.70. The molecule has 0 aromatic heterocycles. The Morgan fingerprint density at radius 1 is 1.19 bits per heavy atom. The molecule has 0 fully saturated rings. The van der Waals surface area contributed by atoms with Crippen LogP contribution < -0.4 is 5.32 Å². The van der Waals surface area contributed by atoms with E-state index in [9.17, 15) is 0 Å². The van der Waals surface area contributed by atoms with E-state index in [-0.39, 0.29) is 6.04 Å². The highest BCUT2D eigenvalue weighted by atomic mass is 127. The van der Waals surface area contributed by atoms with Crippen LogP contribution in [0.1, 0.15) is 30.5 Å². The van der Waals surface area contributed by atoms with Crippen molar-refractivity contribution in [1.29, 1.82) is 0 Å². The molecule has 2 aromatic rings. The summed E-state index contributed by atoms with van der Waals surface area (Å²) in [5.41, 5.74) is 2.38. The zero-order chi connectivity index (χ0) is 15.4. The Morgan fingerprint density at radius 3 is 2.62 bits per heavy atom. The van der Waals surface area contributed by atoms with Crippen molar-refractivity contribution in [2.24, 2.45) is 0 Å². The van der Waals surface area contributed by atoms with Gasteiger partial charge in [-0.3, -0.25) is 0 Å². The molecular formula is C16H15Br2ClIN. The van der Waals surface area contributed by atoms with Crippen LogP contribution >= 0.6 is 66.1 Å². The summed E-state index contributed by atoms with van der Waals surface area (Å²) in [5, 5.41) is 4.40. The maximum absolute atomic E-state index is 6.29. The summed E-state index contributed by atoms with van der Waals surface area (Å²) < 4.78 is 3.23. The first kappa shape index (κ1) is 17.7. The fourth-order valence-electron chi connectivity index (χ4n) is 2.12. The highest BCUT2D eigenvalue weighted by Crippen LogP contribution is 2.33. The Hall–Kier alpha value is 0.380. The molecule has 0 amide bonds. The molecule has 5 heteroatoms. The van der Waals surface area contributed by atoms with E-state index in [0.29, 0.717) is 0 Å². The minimum absolute atomic E-state index is 0.117. The zero-order valence-electron chi connectivity index (χ0n) is 11.5. The lowest BCUT2D eigenvalue weighted by Gasteiger charge is -2.21. The Labute approximate surface area is 161 Å². The SMILES string of the molecule is CCCNC(c1ccc(I)c(Cl)c1)c1cc(Br)ccc1Br. The van der Waals surface area contributed by atoms with Gasteiger partial charge in [0.25, 0.3) is 0 Å². The number of benzene rings is 2. The number of nitrogens with one attached hydrogen (secondary N) is 1. The van der Waals surface area contributed by atoms with Gasteiger partial charge in [0.05, 0.1) is 11.1 Å². The van der Waals surface area contributed by atoms with Crippen LogP contribution in [0, 0.1) is 3.57 Å². The van der Waals surface area contributed by atoms with Gasteiger partial charge in [0.15, 0.2) is 0 Å². The highest BCUT2D eigenvalue weighted by molar-refractivity contribution is 14.1. The number of hydrogen-bond donors (Lipinski definition) is 1. The third kappa shape index (κ3) is 4.67. The van der Waals surface area contributed by atoms with Crippen LogP contribution in [0.3, 0.4) is 0 Å². The first-order chi connectivity index (χ1) is 10.0. The van der Waals surface area contributed by atoms with E-state index in [0.717, 1.165) is 30.5 Å². The van der Waals surface area contributed by atoms with E-state index in [1.54, 1.807) is 0 Å². The molecule has 1 nitrogen and oxygen atoms in total. The summed E-state index contributed by atoms with van der Waals surface area (Å²) >= 11 is 15.8. The molecule has 0 bridgehead atoms. The smallest absolute Gasteiger partial charge is 0.0588 e. The Balaban J connectivity index is 2.46. The largest absolute Gasteiger partial charge is 0.306 e. The zero-order valence-corrected chi connectivity index (χ0v) is 17.6. The quantitative estimate of drug-likeness (QED) is 0.422. The summed E-state index contributed by atoms with van der Waals surface area (Å²) in [4.78, 5) is 0. The van der Waals surface area contributed by atoms with Crippen molar-refractivity contribution in [2.75, 3.05) is 6.54 Å². The van der Waals surface area contributed by atoms with Crippen LogP contribution in [0.5, 0.6) is 0 Å². The second kappa shape index (κ2) is 8.29. The molecule has 112 valence electrons. The highest BCUT2D eigenvalue weighted by Gasteiger charge is 2.17.